The largest absolute Gasteiger partial charge is 0.434 e. The maximum atomic E-state index is 11.2. The van der Waals surface area contributed by atoms with Crippen molar-refractivity contribution in [1.82, 2.24) is 0 Å². The molecule has 2 N–H and O–H groups in total. The SMILES string of the molecule is CCCCC(O)OC(=O)C(O)CCCC. The molecule has 0 bridgehead atoms. The molecule has 2 unspecified atom stereocenters. The van der Waals surface area contributed by atoms with E-state index in [1.165, 1.54) is 0 Å². The molecule has 0 aromatic heterocycles. The minimum absolute atomic E-state index is 0.399. The van der Waals surface area contributed by atoms with Crippen LogP contribution >= 0.6 is 0 Å². The lowest BCUT2D eigenvalue weighted by Crippen LogP contribution is -2.27. The highest BCUT2D eigenvalue weighted by atomic mass is 16.6. The Balaban J connectivity index is 3.70. The minimum Gasteiger partial charge on any atom is -0.434 e. The van der Waals surface area contributed by atoms with Crippen molar-refractivity contribution in [1.29, 1.82) is 0 Å². The number of ether oxygens (including phenoxy) is 1. The van der Waals surface area contributed by atoms with Crippen LogP contribution in [0.2, 0.25) is 0 Å². The maximum Gasteiger partial charge on any atom is 0.337 e. The molecule has 0 saturated heterocycles. The predicted molar refractivity (Wildman–Crippen MR) is 57.2 cm³/mol. The number of esters is 1. The van der Waals surface area contributed by atoms with Gasteiger partial charge in [-0.15, -0.1) is 0 Å². The number of aliphatic hydroxyl groups is 2. The van der Waals surface area contributed by atoms with Crippen molar-refractivity contribution in [2.75, 3.05) is 0 Å². The van der Waals surface area contributed by atoms with Crippen LogP contribution in [0.15, 0.2) is 0 Å². The number of hydrogen-bond acceptors (Lipinski definition) is 4. The summed E-state index contributed by atoms with van der Waals surface area (Å²) in [5.41, 5.74) is 0. The van der Waals surface area contributed by atoms with Crippen LogP contribution in [0.1, 0.15) is 52.4 Å². The average Bonchev–Trinajstić information content (AvgIpc) is 2.22. The fourth-order valence-corrected chi connectivity index (χ4v) is 1.17. The van der Waals surface area contributed by atoms with Crippen molar-refractivity contribution < 1.29 is 19.7 Å². The van der Waals surface area contributed by atoms with Gasteiger partial charge in [0.1, 0.15) is 0 Å². The molecule has 4 nitrogen and oxygen atoms in total. The Labute approximate surface area is 91.3 Å². The van der Waals surface area contributed by atoms with Gasteiger partial charge in [-0.05, 0) is 12.8 Å². The molecule has 0 aliphatic carbocycles. The molecule has 0 aliphatic heterocycles. The highest BCUT2D eigenvalue weighted by Crippen LogP contribution is 2.06. The summed E-state index contributed by atoms with van der Waals surface area (Å²) in [5, 5.41) is 18.6. The van der Waals surface area contributed by atoms with Gasteiger partial charge in [-0.25, -0.2) is 4.79 Å². The average molecular weight is 218 g/mol. The molecular formula is C11H22O4. The summed E-state index contributed by atoms with van der Waals surface area (Å²) < 4.78 is 4.68. The molecule has 0 heterocycles. The summed E-state index contributed by atoms with van der Waals surface area (Å²) in [4.78, 5) is 11.2. The molecular weight excluding hydrogens is 196 g/mol. The molecule has 15 heavy (non-hydrogen) atoms. The number of rotatable bonds is 8. The van der Waals surface area contributed by atoms with E-state index in [0.717, 1.165) is 25.7 Å². The van der Waals surface area contributed by atoms with Crippen LogP contribution < -0.4 is 0 Å². The lowest BCUT2D eigenvalue weighted by molar-refractivity contribution is -0.178. The number of carbonyl (C=O) groups is 1. The number of carbonyl (C=O) groups excluding carboxylic acids is 1. The number of hydrogen-bond donors (Lipinski definition) is 2. The topological polar surface area (TPSA) is 66.8 Å². The first-order valence-electron chi connectivity index (χ1n) is 5.68. The summed E-state index contributed by atoms with van der Waals surface area (Å²) in [5.74, 6) is -0.716. The second-order valence-corrected chi connectivity index (χ2v) is 3.69. The molecule has 2 atom stereocenters. The molecule has 0 aromatic carbocycles. The molecule has 0 aliphatic rings. The summed E-state index contributed by atoms with van der Waals surface area (Å²) >= 11 is 0. The van der Waals surface area contributed by atoms with E-state index in [0.29, 0.717) is 12.8 Å². The summed E-state index contributed by atoms with van der Waals surface area (Å²) in [6, 6.07) is 0. The van der Waals surface area contributed by atoms with Crippen LogP contribution in [0, 0.1) is 0 Å². The third kappa shape index (κ3) is 7.33. The zero-order valence-electron chi connectivity index (χ0n) is 9.61. The Morgan fingerprint density at radius 3 is 2.20 bits per heavy atom. The summed E-state index contributed by atoms with van der Waals surface area (Å²) in [6.45, 7) is 3.97. The Bertz CT molecular complexity index is 170. The van der Waals surface area contributed by atoms with Crippen LogP contribution in [-0.2, 0) is 9.53 Å². The van der Waals surface area contributed by atoms with Gasteiger partial charge < -0.3 is 14.9 Å². The standard InChI is InChI=1S/C11H22O4/c1-3-5-7-9(12)11(14)15-10(13)8-6-4-2/h9-10,12-13H,3-8H2,1-2H3. The lowest BCUT2D eigenvalue weighted by Gasteiger charge is -2.14. The van der Waals surface area contributed by atoms with E-state index in [2.05, 4.69) is 4.74 Å². The Kier molecular flexibility index (Phi) is 8.33. The normalized spacial score (nSPS) is 14.7. The first-order chi connectivity index (χ1) is 7.11. The highest BCUT2D eigenvalue weighted by Gasteiger charge is 2.18. The quantitative estimate of drug-likeness (QED) is 0.479. The van der Waals surface area contributed by atoms with Crippen molar-refractivity contribution >= 4 is 5.97 Å². The van der Waals surface area contributed by atoms with Crippen molar-refractivity contribution in [3.8, 4) is 0 Å². The van der Waals surface area contributed by atoms with Crippen molar-refractivity contribution in [2.45, 2.75) is 64.8 Å². The third-order valence-corrected chi connectivity index (χ3v) is 2.16. The van der Waals surface area contributed by atoms with Crippen molar-refractivity contribution in [3.05, 3.63) is 0 Å². The number of aliphatic hydroxyl groups excluding tert-OH is 2. The summed E-state index contributed by atoms with van der Waals surface area (Å²) in [6.07, 6.45) is 2.10. The van der Waals surface area contributed by atoms with Gasteiger partial charge in [0.05, 0.1) is 0 Å². The van der Waals surface area contributed by atoms with Crippen LogP contribution in [0.25, 0.3) is 0 Å². The van der Waals surface area contributed by atoms with E-state index in [1.54, 1.807) is 0 Å². The molecule has 0 amide bonds. The van der Waals surface area contributed by atoms with Crippen LogP contribution in [0.3, 0.4) is 0 Å². The number of unbranched alkanes of at least 4 members (excludes halogenated alkanes) is 2. The fraction of sp³-hybridized carbons (Fsp3) is 0.909. The molecule has 0 spiro atoms. The second-order valence-electron chi connectivity index (χ2n) is 3.69. The second kappa shape index (κ2) is 8.68. The first kappa shape index (κ1) is 14.4. The van der Waals surface area contributed by atoms with Gasteiger partial charge in [0.25, 0.3) is 0 Å². The molecule has 0 radical (unpaired) electrons. The fourth-order valence-electron chi connectivity index (χ4n) is 1.17. The highest BCUT2D eigenvalue weighted by molar-refractivity contribution is 5.74. The zero-order chi connectivity index (χ0) is 11.7. The van der Waals surface area contributed by atoms with Crippen LogP contribution in [0.5, 0.6) is 0 Å². The third-order valence-electron chi connectivity index (χ3n) is 2.16. The van der Waals surface area contributed by atoms with E-state index in [4.69, 9.17) is 0 Å². The monoisotopic (exact) mass is 218 g/mol. The van der Waals surface area contributed by atoms with Crippen LogP contribution in [0.4, 0.5) is 0 Å². The smallest absolute Gasteiger partial charge is 0.337 e. The van der Waals surface area contributed by atoms with E-state index in [9.17, 15) is 15.0 Å². The molecule has 0 aromatic rings. The van der Waals surface area contributed by atoms with Gasteiger partial charge in [0.15, 0.2) is 6.10 Å². The molecule has 90 valence electrons. The predicted octanol–water partition coefficient (Wildman–Crippen LogP) is 1.59. The van der Waals surface area contributed by atoms with E-state index >= 15 is 0 Å². The summed E-state index contributed by atoms with van der Waals surface area (Å²) in [7, 11) is 0. The van der Waals surface area contributed by atoms with Gasteiger partial charge in [-0.1, -0.05) is 33.1 Å². The van der Waals surface area contributed by atoms with Crippen molar-refractivity contribution in [3.63, 3.8) is 0 Å². The van der Waals surface area contributed by atoms with E-state index < -0.39 is 18.4 Å². The van der Waals surface area contributed by atoms with Gasteiger partial charge in [0, 0.05) is 6.42 Å². The van der Waals surface area contributed by atoms with E-state index in [1.807, 2.05) is 13.8 Å². The lowest BCUT2D eigenvalue weighted by atomic mass is 10.2. The minimum atomic E-state index is -1.10. The first-order valence-corrected chi connectivity index (χ1v) is 5.68. The van der Waals surface area contributed by atoms with Gasteiger partial charge in [-0.3, -0.25) is 0 Å². The van der Waals surface area contributed by atoms with E-state index in [-0.39, 0.29) is 0 Å². The molecule has 0 rings (SSSR count). The maximum absolute atomic E-state index is 11.2. The van der Waals surface area contributed by atoms with Gasteiger partial charge >= 0.3 is 5.97 Å². The molecule has 0 fully saturated rings. The van der Waals surface area contributed by atoms with Crippen molar-refractivity contribution in [2.24, 2.45) is 0 Å². The molecule has 0 saturated carbocycles. The Morgan fingerprint density at radius 1 is 1.13 bits per heavy atom. The van der Waals surface area contributed by atoms with Gasteiger partial charge in [0.2, 0.25) is 6.29 Å². The van der Waals surface area contributed by atoms with Gasteiger partial charge in [-0.2, -0.15) is 0 Å². The molecule has 4 heteroatoms. The Hall–Kier alpha value is -0.610. The zero-order valence-corrected chi connectivity index (χ0v) is 9.61. The Morgan fingerprint density at radius 2 is 1.67 bits per heavy atom. The van der Waals surface area contributed by atoms with Crippen LogP contribution in [-0.4, -0.2) is 28.6 Å².